The van der Waals surface area contributed by atoms with E-state index in [1.165, 1.54) is 12.1 Å². The predicted molar refractivity (Wildman–Crippen MR) is 129 cm³/mol. The molecule has 0 saturated heterocycles. The summed E-state index contributed by atoms with van der Waals surface area (Å²) in [5.41, 5.74) is -0.191. The standard InChI is InChI=1S/C30H21F7/c1-2-3-4-5-6-17-7-9-19(22(31)11-17)10-8-18-12-23(32)27(24(33)13-18)20-14-21-16-26(35)29(36)30(37)28(21)25(34)15-20/h7,9,11-16H,2-6H2,1H3. The maximum Gasteiger partial charge on any atom is 0.195 e. The van der Waals surface area contributed by atoms with E-state index < -0.39 is 57.1 Å². The molecule has 0 aromatic heterocycles. The number of unbranched alkanes of at least 4 members (excludes halogenated alkanes) is 3. The van der Waals surface area contributed by atoms with Gasteiger partial charge in [-0.2, -0.15) is 0 Å². The van der Waals surface area contributed by atoms with E-state index in [9.17, 15) is 30.7 Å². The second-order valence-corrected chi connectivity index (χ2v) is 8.73. The van der Waals surface area contributed by atoms with Crippen LogP contribution in [0, 0.1) is 52.6 Å². The second kappa shape index (κ2) is 11.1. The van der Waals surface area contributed by atoms with Crippen molar-refractivity contribution in [2.45, 2.75) is 39.0 Å². The van der Waals surface area contributed by atoms with Crippen LogP contribution in [0.3, 0.4) is 0 Å². The molecule has 0 heterocycles. The fourth-order valence-electron chi connectivity index (χ4n) is 4.16. The lowest BCUT2D eigenvalue weighted by Gasteiger charge is -2.10. The van der Waals surface area contributed by atoms with E-state index in [2.05, 4.69) is 18.8 Å². The zero-order valence-electron chi connectivity index (χ0n) is 19.8. The van der Waals surface area contributed by atoms with Crippen LogP contribution in [0.5, 0.6) is 0 Å². The zero-order valence-corrected chi connectivity index (χ0v) is 19.8. The number of fused-ring (bicyclic) bond motifs is 1. The molecule has 0 saturated carbocycles. The van der Waals surface area contributed by atoms with E-state index >= 15 is 0 Å². The minimum Gasteiger partial charge on any atom is -0.206 e. The van der Waals surface area contributed by atoms with Crippen molar-refractivity contribution in [3.05, 3.63) is 106 Å². The summed E-state index contributed by atoms with van der Waals surface area (Å²) in [5.74, 6) is -4.15. The summed E-state index contributed by atoms with van der Waals surface area (Å²) >= 11 is 0. The Morgan fingerprint density at radius 1 is 0.622 bits per heavy atom. The molecule has 0 fully saturated rings. The molecule has 0 nitrogen and oxygen atoms in total. The monoisotopic (exact) mass is 514 g/mol. The molecular weight excluding hydrogens is 493 g/mol. The summed E-state index contributed by atoms with van der Waals surface area (Å²) in [6.45, 7) is 2.11. The van der Waals surface area contributed by atoms with Gasteiger partial charge in [-0.1, -0.05) is 44.1 Å². The topological polar surface area (TPSA) is 0 Å². The fourth-order valence-corrected chi connectivity index (χ4v) is 4.16. The van der Waals surface area contributed by atoms with E-state index in [0.717, 1.165) is 55.9 Å². The molecule has 0 N–H and O–H groups in total. The van der Waals surface area contributed by atoms with E-state index in [4.69, 9.17) is 0 Å². The van der Waals surface area contributed by atoms with Crippen molar-refractivity contribution in [3.63, 3.8) is 0 Å². The van der Waals surface area contributed by atoms with Crippen molar-refractivity contribution in [3.8, 4) is 23.0 Å². The van der Waals surface area contributed by atoms with Gasteiger partial charge in [-0.25, -0.2) is 30.7 Å². The molecule has 4 rings (SSSR count). The van der Waals surface area contributed by atoms with Crippen molar-refractivity contribution < 1.29 is 30.7 Å². The molecule has 7 heteroatoms. The normalized spacial score (nSPS) is 11.0. The number of benzene rings is 4. The molecule has 0 aliphatic heterocycles. The Balaban J connectivity index is 1.63. The molecule has 4 aromatic rings. The maximum atomic E-state index is 14.9. The fraction of sp³-hybridized carbons (Fsp3) is 0.200. The smallest absolute Gasteiger partial charge is 0.195 e. The molecule has 37 heavy (non-hydrogen) atoms. The third-order valence-corrected chi connectivity index (χ3v) is 6.05. The highest BCUT2D eigenvalue weighted by Gasteiger charge is 2.20. The molecule has 4 aromatic carbocycles. The van der Waals surface area contributed by atoms with Gasteiger partial charge in [0, 0.05) is 5.56 Å². The number of aryl methyl sites for hydroxylation is 1. The number of hydrogen-bond donors (Lipinski definition) is 0. The van der Waals surface area contributed by atoms with Crippen LogP contribution in [-0.2, 0) is 6.42 Å². The third kappa shape index (κ3) is 5.64. The zero-order chi connectivity index (χ0) is 26.7. The Hall–Kier alpha value is -3.79. The largest absolute Gasteiger partial charge is 0.206 e. The van der Waals surface area contributed by atoms with Crippen LogP contribution in [0.1, 0.15) is 49.3 Å². The molecular formula is C30H21F7. The summed E-state index contributed by atoms with van der Waals surface area (Å²) < 4.78 is 99.8. The lowest BCUT2D eigenvalue weighted by molar-refractivity contribution is 0.451. The Bertz CT molecular complexity index is 1520. The van der Waals surface area contributed by atoms with Gasteiger partial charge in [0.05, 0.1) is 16.5 Å². The minimum atomic E-state index is -1.85. The summed E-state index contributed by atoms with van der Waals surface area (Å²) in [5, 5.41) is -1.24. The SMILES string of the molecule is CCCCCCc1ccc(C#Cc2cc(F)c(-c3cc(F)c4c(F)c(F)c(F)cc4c3)c(F)c2)c(F)c1. The van der Waals surface area contributed by atoms with E-state index in [-0.39, 0.29) is 16.7 Å². The number of hydrogen-bond acceptors (Lipinski definition) is 0. The van der Waals surface area contributed by atoms with Crippen LogP contribution in [0.2, 0.25) is 0 Å². The van der Waals surface area contributed by atoms with Crippen molar-refractivity contribution in [2.24, 2.45) is 0 Å². The van der Waals surface area contributed by atoms with Gasteiger partial charge in [-0.15, -0.1) is 0 Å². The average molecular weight is 514 g/mol. The van der Waals surface area contributed by atoms with Crippen molar-refractivity contribution in [2.75, 3.05) is 0 Å². The molecule has 0 amide bonds. The highest BCUT2D eigenvalue weighted by atomic mass is 19.2. The van der Waals surface area contributed by atoms with Crippen LogP contribution in [0.4, 0.5) is 30.7 Å². The Morgan fingerprint density at radius 2 is 1.35 bits per heavy atom. The summed E-state index contributed by atoms with van der Waals surface area (Å²) in [6.07, 6.45) is 4.97. The third-order valence-electron chi connectivity index (χ3n) is 6.05. The maximum absolute atomic E-state index is 14.9. The predicted octanol–water partition coefficient (Wildman–Crippen LogP) is 9.00. The minimum absolute atomic E-state index is 0.0649. The van der Waals surface area contributed by atoms with Crippen LogP contribution >= 0.6 is 0 Å². The lowest BCUT2D eigenvalue weighted by atomic mass is 9.98. The van der Waals surface area contributed by atoms with Gasteiger partial charge in [0.15, 0.2) is 17.5 Å². The molecule has 0 atom stereocenters. The van der Waals surface area contributed by atoms with Gasteiger partial charge in [0.1, 0.15) is 23.3 Å². The van der Waals surface area contributed by atoms with Gasteiger partial charge in [0.25, 0.3) is 0 Å². The first-order chi connectivity index (χ1) is 17.7. The highest BCUT2D eigenvalue weighted by molar-refractivity contribution is 5.89. The van der Waals surface area contributed by atoms with Crippen LogP contribution < -0.4 is 0 Å². The molecule has 0 unspecified atom stereocenters. The summed E-state index contributed by atoms with van der Waals surface area (Å²) in [4.78, 5) is 0. The van der Waals surface area contributed by atoms with Gasteiger partial charge in [-0.05, 0) is 71.8 Å². The van der Waals surface area contributed by atoms with E-state index in [1.807, 2.05) is 0 Å². The Labute approximate surface area is 209 Å². The second-order valence-electron chi connectivity index (χ2n) is 8.73. The first-order valence-electron chi connectivity index (χ1n) is 11.8. The van der Waals surface area contributed by atoms with Crippen molar-refractivity contribution >= 4 is 10.8 Å². The molecule has 0 bridgehead atoms. The van der Waals surface area contributed by atoms with Gasteiger partial charge < -0.3 is 0 Å². The van der Waals surface area contributed by atoms with Crippen LogP contribution in [-0.4, -0.2) is 0 Å². The summed E-state index contributed by atoms with van der Waals surface area (Å²) in [7, 11) is 0. The molecule has 190 valence electrons. The van der Waals surface area contributed by atoms with Crippen LogP contribution in [0.15, 0.2) is 48.5 Å². The van der Waals surface area contributed by atoms with Gasteiger partial charge in [0.2, 0.25) is 0 Å². The van der Waals surface area contributed by atoms with Crippen molar-refractivity contribution in [1.29, 1.82) is 0 Å². The van der Waals surface area contributed by atoms with Gasteiger partial charge in [-0.3, -0.25) is 0 Å². The Kier molecular flexibility index (Phi) is 7.87. The first kappa shape index (κ1) is 26.3. The quantitative estimate of drug-likeness (QED) is 0.104. The van der Waals surface area contributed by atoms with Crippen LogP contribution in [0.25, 0.3) is 21.9 Å². The molecule has 0 aliphatic carbocycles. The lowest BCUT2D eigenvalue weighted by Crippen LogP contribution is -1.98. The average Bonchev–Trinajstić information content (AvgIpc) is 2.84. The molecule has 0 aliphatic rings. The number of rotatable bonds is 6. The first-order valence-corrected chi connectivity index (χ1v) is 11.8. The van der Waals surface area contributed by atoms with E-state index in [1.54, 1.807) is 6.07 Å². The highest BCUT2D eigenvalue weighted by Crippen LogP contribution is 2.33. The Morgan fingerprint density at radius 3 is 2.03 bits per heavy atom. The van der Waals surface area contributed by atoms with Crippen molar-refractivity contribution in [1.82, 2.24) is 0 Å². The van der Waals surface area contributed by atoms with Gasteiger partial charge >= 0.3 is 0 Å². The molecule has 0 spiro atoms. The summed E-state index contributed by atoms with van der Waals surface area (Å²) in [6, 6.07) is 8.57. The number of halogens is 7. The van der Waals surface area contributed by atoms with E-state index in [0.29, 0.717) is 12.1 Å². The molecule has 0 radical (unpaired) electrons.